The van der Waals surface area contributed by atoms with Gasteiger partial charge >= 0.3 is 0 Å². The molecular formula is C16H22N2O2. The van der Waals surface area contributed by atoms with E-state index in [-0.39, 0.29) is 5.91 Å². The molecule has 2 bridgehead atoms. The zero-order chi connectivity index (χ0) is 14.1. The number of hydrogen-bond acceptors (Lipinski definition) is 3. The van der Waals surface area contributed by atoms with E-state index in [0.29, 0.717) is 22.9 Å². The van der Waals surface area contributed by atoms with E-state index in [2.05, 4.69) is 5.32 Å². The van der Waals surface area contributed by atoms with Crippen LogP contribution in [-0.2, 0) is 0 Å². The van der Waals surface area contributed by atoms with Crippen molar-refractivity contribution < 1.29 is 9.53 Å². The van der Waals surface area contributed by atoms with Crippen LogP contribution in [0.4, 0.5) is 5.69 Å². The summed E-state index contributed by atoms with van der Waals surface area (Å²) >= 11 is 0. The number of carbonyl (C=O) groups is 1. The number of rotatable bonds is 4. The summed E-state index contributed by atoms with van der Waals surface area (Å²) in [5.41, 5.74) is 6.83. The molecule has 3 N–H and O–H groups in total. The van der Waals surface area contributed by atoms with Crippen molar-refractivity contribution in [2.24, 2.45) is 17.8 Å². The first-order chi connectivity index (χ1) is 9.69. The lowest BCUT2D eigenvalue weighted by atomic mass is 9.89. The average molecular weight is 274 g/mol. The molecule has 0 saturated heterocycles. The van der Waals surface area contributed by atoms with Gasteiger partial charge in [0.2, 0.25) is 0 Å². The maximum absolute atomic E-state index is 12.3. The SMILES string of the molecule is COc1cccc(N)c1C(=O)NCC1CC2CCC1C2. The molecule has 108 valence electrons. The lowest BCUT2D eigenvalue weighted by molar-refractivity contribution is 0.0939. The van der Waals surface area contributed by atoms with Gasteiger partial charge in [-0.3, -0.25) is 4.79 Å². The standard InChI is InChI=1S/C16H22N2O2/c1-20-14-4-2-3-13(17)15(14)16(19)18-9-12-8-10-5-6-11(12)7-10/h2-4,10-12H,5-9,17H2,1H3,(H,18,19). The first kappa shape index (κ1) is 13.3. The number of methoxy groups -OCH3 is 1. The van der Waals surface area contributed by atoms with Gasteiger partial charge in [-0.1, -0.05) is 12.5 Å². The Morgan fingerprint density at radius 3 is 2.90 bits per heavy atom. The quantitative estimate of drug-likeness (QED) is 0.829. The number of benzene rings is 1. The van der Waals surface area contributed by atoms with Crippen molar-refractivity contribution in [3.05, 3.63) is 23.8 Å². The van der Waals surface area contributed by atoms with Crippen LogP contribution < -0.4 is 15.8 Å². The molecule has 4 heteroatoms. The van der Waals surface area contributed by atoms with Crippen LogP contribution in [0.25, 0.3) is 0 Å². The monoisotopic (exact) mass is 274 g/mol. The number of nitrogens with one attached hydrogen (secondary N) is 1. The second kappa shape index (κ2) is 5.35. The molecular weight excluding hydrogens is 252 g/mol. The lowest BCUT2D eigenvalue weighted by Gasteiger charge is -2.22. The fourth-order valence-electron chi connectivity index (χ4n) is 3.90. The Kier molecular flexibility index (Phi) is 3.55. The largest absolute Gasteiger partial charge is 0.496 e. The highest BCUT2D eigenvalue weighted by molar-refractivity contribution is 6.01. The van der Waals surface area contributed by atoms with Gasteiger partial charge in [0.25, 0.3) is 5.91 Å². The Bertz CT molecular complexity index is 515. The van der Waals surface area contributed by atoms with Crippen molar-refractivity contribution in [1.82, 2.24) is 5.32 Å². The van der Waals surface area contributed by atoms with Crippen LogP contribution in [0.5, 0.6) is 5.75 Å². The Labute approximate surface area is 119 Å². The molecule has 2 aliphatic carbocycles. The number of nitrogens with two attached hydrogens (primary N) is 1. The van der Waals surface area contributed by atoms with Gasteiger partial charge in [0.1, 0.15) is 11.3 Å². The average Bonchev–Trinajstić information content (AvgIpc) is 3.06. The van der Waals surface area contributed by atoms with Crippen molar-refractivity contribution in [2.45, 2.75) is 25.7 Å². The molecule has 1 aromatic rings. The molecule has 0 heterocycles. The highest BCUT2D eigenvalue weighted by Crippen LogP contribution is 2.47. The Balaban J connectivity index is 1.65. The first-order valence-corrected chi connectivity index (χ1v) is 7.39. The molecule has 20 heavy (non-hydrogen) atoms. The minimum absolute atomic E-state index is 0.122. The van der Waals surface area contributed by atoms with Crippen molar-refractivity contribution in [2.75, 3.05) is 19.4 Å². The van der Waals surface area contributed by atoms with Crippen molar-refractivity contribution in [1.29, 1.82) is 0 Å². The van der Waals surface area contributed by atoms with Gasteiger partial charge in [-0.2, -0.15) is 0 Å². The number of fused-ring (bicyclic) bond motifs is 2. The first-order valence-electron chi connectivity index (χ1n) is 7.39. The minimum atomic E-state index is -0.122. The third-order valence-corrected chi connectivity index (χ3v) is 4.91. The Morgan fingerprint density at radius 1 is 1.40 bits per heavy atom. The zero-order valence-electron chi connectivity index (χ0n) is 11.9. The predicted octanol–water partition coefficient (Wildman–Crippen LogP) is 2.44. The van der Waals surface area contributed by atoms with Gasteiger partial charge in [0.15, 0.2) is 0 Å². The summed E-state index contributed by atoms with van der Waals surface area (Å²) in [4.78, 5) is 12.3. The summed E-state index contributed by atoms with van der Waals surface area (Å²) in [5.74, 6) is 2.78. The van der Waals surface area contributed by atoms with Gasteiger partial charge in [-0.25, -0.2) is 0 Å². The molecule has 4 nitrogen and oxygen atoms in total. The van der Waals surface area contributed by atoms with E-state index in [1.807, 2.05) is 0 Å². The van der Waals surface area contributed by atoms with E-state index >= 15 is 0 Å². The zero-order valence-corrected chi connectivity index (χ0v) is 11.9. The van der Waals surface area contributed by atoms with Crippen LogP contribution in [0.1, 0.15) is 36.0 Å². The number of amides is 1. The van der Waals surface area contributed by atoms with Crippen LogP contribution >= 0.6 is 0 Å². The van der Waals surface area contributed by atoms with Crippen molar-refractivity contribution in [3.8, 4) is 5.75 Å². The molecule has 3 unspecified atom stereocenters. The Hall–Kier alpha value is -1.71. The molecule has 0 aromatic heterocycles. The van der Waals surface area contributed by atoms with Crippen molar-refractivity contribution >= 4 is 11.6 Å². The van der Waals surface area contributed by atoms with Crippen LogP contribution in [0.3, 0.4) is 0 Å². The molecule has 0 radical (unpaired) electrons. The van der Waals surface area contributed by atoms with E-state index in [0.717, 1.165) is 18.4 Å². The summed E-state index contributed by atoms with van der Waals surface area (Å²) < 4.78 is 5.23. The number of anilines is 1. The molecule has 0 aliphatic heterocycles. The Morgan fingerprint density at radius 2 is 2.25 bits per heavy atom. The molecule has 1 amide bonds. The van der Waals surface area contributed by atoms with Gasteiger partial charge in [0.05, 0.1) is 7.11 Å². The fraction of sp³-hybridized carbons (Fsp3) is 0.562. The molecule has 3 rings (SSSR count). The van der Waals surface area contributed by atoms with Gasteiger partial charge in [-0.05, 0) is 49.1 Å². The molecule has 2 aliphatic rings. The maximum atomic E-state index is 12.3. The van der Waals surface area contributed by atoms with Gasteiger partial charge in [-0.15, -0.1) is 0 Å². The summed E-state index contributed by atoms with van der Waals surface area (Å²) in [6, 6.07) is 5.29. The molecule has 0 spiro atoms. The fourth-order valence-corrected chi connectivity index (χ4v) is 3.90. The number of nitrogen functional groups attached to an aromatic ring is 1. The molecule has 2 saturated carbocycles. The highest BCUT2D eigenvalue weighted by Gasteiger charge is 2.39. The third-order valence-electron chi connectivity index (χ3n) is 4.91. The van der Waals surface area contributed by atoms with E-state index in [9.17, 15) is 4.79 Å². The van der Waals surface area contributed by atoms with E-state index < -0.39 is 0 Å². The molecule has 3 atom stereocenters. The summed E-state index contributed by atoms with van der Waals surface area (Å²) in [5, 5.41) is 3.04. The number of hydrogen-bond donors (Lipinski definition) is 2. The van der Waals surface area contributed by atoms with E-state index in [4.69, 9.17) is 10.5 Å². The second-order valence-corrected chi connectivity index (χ2v) is 6.07. The van der Waals surface area contributed by atoms with Crippen LogP contribution in [0, 0.1) is 17.8 Å². The third kappa shape index (κ3) is 2.35. The topological polar surface area (TPSA) is 64.3 Å². The number of carbonyl (C=O) groups excluding carboxylic acids is 1. The lowest BCUT2D eigenvalue weighted by Crippen LogP contribution is -2.32. The maximum Gasteiger partial charge on any atom is 0.257 e. The second-order valence-electron chi connectivity index (χ2n) is 6.07. The normalized spacial score (nSPS) is 27.6. The van der Waals surface area contributed by atoms with Crippen LogP contribution in [-0.4, -0.2) is 19.6 Å². The van der Waals surface area contributed by atoms with Crippen LogP contribution in [0.2, 0.25) is 0 Å². The van der Waals surface area contributed by atoms with Gasteiger partial charge < -0.3 is 15.8 Å². The summed E-state index contributed by atoms with van der Waals surface area (Å²) in [6.45, 7) is 0.761. The number of ether oxygens (including phenoxy) is 1. The molecule has 1 aromatic carbocycles. The smallest absolute Gasteiger partial charge is 0.257 e. The summed E-state index contributed by atoms with van der Waals surface area (Å²) in [7, 11) is 1.56. The van der Waals surface area contributed by atoms with Crippen LogP contribution in [0.15, 0.2) is 18.2 Å². The van der Waals surface area contributed by atoms with Crippen molar-refractivity contribution in [3.63, 3.8) is 0 Å². The van der Waals surface area contributed by atoms with E-state index in [1.54, 1.807) is 25.3 Å². The van der Waals surface area contributed by atoms with Gasteiger partial charge in [0, 0.05) is 12.2 Å². The minimum Gasteiger partial charge on any atom is -0.496 e. The predicted molar refractivity (Wildman–Crippen MR) is 78.7 cm³/mol. The van der Waals surface area contributed by atoms with E-state index in [1.165, 1.54) is 25.7 Å². The summed E-state index contributed by atoms with van der Waals surface area (Å²) in [6.07, 6.45) is 5.35. The molecule has 2 fully saturated rings. The highest BCUT2D eigenvalue weighted by atomic mass is 16.5.